The van der Waals surface area contributed by atoms with Crippen LogP contribution in [0.5, 0.6) is 0 Å². The maximum absolute atomic E-state index is 12.9. The van der Waals surface area contributed by atoms with Gasteiger partial charge in [0, 0.05) is 28.9 Å². The van der Waals surface area contributed by atoms with Crippen molar-refractivity contribution in [3.63, 3.8) is 0 Å². The van der Waals surface area contributed by atoms with E-state index in [0.717, 1.165) is 24.3 Å². The normalized spacial score (nSPS) is 11.9. The van der Waals surface area contributed by atoms with E-state index in [9.17, 15) is 26.3 Å². The summed E-state index contributed by atoms with van der Waals surface area (Å²) >= 11 is 0. The lowest BCUT2D eigenvalue weighted by Gasteiger charge is -2.13. The summed E-state index contributed by atoms with van der Waals surface area (Å²) in [6, 6.07) is 7.14. The number of nitrogens with zero attached hydrogens (tertiary/aromatic N) is 2. The first kappa shape index (κ1) is 21.0. The van der Waals surface area contributed by atoms with E-state index in [4.69, 9.17) is 11.5 Å². The SMILES string of the molecule is Nc1cc(Nc2ccnc(Nc3cc(N)cc(C(F)(F)F)c3)n2)cc(C(F)(F)F)c1. The second-order valence-electron chi connectivity index (χ2n) is 6.20. The third-order valence-electron chi connectivity index (χ3n) is 3.75. The Morgan fingerprint density at radius 1 is 0.700 bits per heavy atom. The summed E-state index contributed by atoms with van der Waals surface area (Å²) in [6.07, 6.45) is -7.92. The Hall–Kier alpha value is -3.70. The maximum Gasteiger partial charge on any atom is 0.416 e. The highest BCUT2D eigenvalue weighted by Gasteiger charge is 2.32. The zero-order valence-corrected chi connectivity index (χ0v) is 14.9. The zero-order chi connectivity index (χ0) is 22.1. The largest absolute Gasteiger partial charge is 0.416 e. The highest BCUT2D eigenvalue weighted by atomic mass is 19.4. The Bertz CT molecular complexity index is 983. The number of rotatable bonds is 4. The molecule has 0 amide bonds. The highest BCUT2D eigenvalue weighted by Crippen LogP contribution is 2.34. The Balaban J connectivity index is 1.85. The number of nitrogen functional groups attached to an aromatic ring is 2. The van der Waals surface area contributed by atoms with Gasteiger partial charge >= 0.3 is 12.4 Å². The maximum atomic E-state index is 12.9. The lowest BCUT2D eigenvalue weighted by atomic mass is 10.1. The summed E-state index contributed by atoms with van der Waals surface area (Å²) in [5, 5.41) is 5.24. The first-order valence-corrected chi connectivity index (χ1v) is 8.23. The molecular weight excluding hydrogens is 414 g/mol. The lowest BCUT2D eigenvalue weighted by Crippen LogP contribution is -2.08. The molecule has 6 N–H and O–H groups in total. The molecule has 1 aromatic heterocycles. The molecule has 158 valence electrons. The zero-order valence-electron chi connectivity index (χ0n) is 14.9. The van der Waals surface area contributed by atoms with Gasteiger partial charge in [-0.1, -0.05) is 0 Å². The summed E-state index contributed by atoms with van der Waals surface area (Å²) in [5.41, 5.74) is 8.89. The minimum absolute atomic E-state index is 0.0113. The van der Waals surface area contributed by atoms with E-state index in [1.54, 1.807) is 0 Å². The monoisotopic (exact) mass is 428 g/mol. The van der Waals surface area contributed by atoms with Crippen LogP contribution in [-0.4, -0.2) is 9.97 Å². The van der Waals surface area contributed by atoms with Crippen molar-refractivity contribution in [1.29, 1.82) is 0 Å². The molecule has 0 fully saturated rings. The summed E-state index contributed by atoms with van der Waals surface area (Å²) < 4.78 is 77.6. The van der Waals surface area contributed by atoms with E-state index >= 15 is 0 Å². The van der Waals surface area contributed by atoms with Crippen molar-refractivity contribution in [1.82, 2.24) is 9.97 Å². The first-order valence-electron chi connectivity index (χ1n) is 8.23. The van der Waals surface area contributed by atoms with Crippen molar-refractivity contribution < 1.29 is 26.3 Å². The predicted molar refractivity (Wildman–Crippen MR) is 100 cm³/mol. The Labute approximate surface area is 165 Å². The number of benzene rings is 2. The van der Waals surface area contributed by atoms with Crippen molar-refractivity contribution in [3.8, 4) is 0 Å². The topological polar surface area (TPSA) is 102 Å². The summed E-state index contributed by atoms with van der Waals surface area (Å²) in [6.45, 7) is 0. The van der Waals surface area contributed by atoms with Crippen molar-refractivity contribution in [3.05, 3.63) is 59.8 Å². The van der Waals surface area contributed by atoms with Crippen molar-refractivity contribution >= 4 is 34.5 Å². The van der Waals surface area contributed by atoms with Crippen LogP contribution in [0.2, 0.25) is 0 Å². The standard InChI is InChI=1S/C18H14F6N6/c19-17(20,21)9-3-11(25)7-13(5-9)28-15-1-2-27-16(30-15)29-14-6-10(18(22,23)24)4-12(26)8-14/h1-8H,25-26H2,(H2,27,28,29,30). The predicted octanol–water partition coefficient (Wildman–Crippen LogP) is 5.17. The minimum atomic E-state index is -4.60. The average molecular weight is 428 g/mol. The van der Waals surface area contributed by atoms with Crippen LogP contribution >= 0.6 is 0 Å². The summed E-state index contributed by atoms with van der Waals surface area (Å²) in [4.78, 5) is 7.91. The quantitative estimate of drug-likeness (QED) is 0.338. The Morgan fingerprint density at radius 3 is 1.70 bits per heavy atom. The van der Waals surface area contributed by atoms with Crippen molar-refractivity contribution in [2.24, 2.45) is 0 Å². The molecule has 3 aromatic rings. The number of hydrogen-bond acceptors (Lipinski definition) is 6. The van der Waals surface area contributed by atoms with Crippen LogP contribution in [0, 0.1) is 0 Å². The van der Waals surface area contributed by atoms with Gasteiger partial charge in [-0.2, -0.15) is 31.3 Å². The number of nitrogens with one attached hydrogen (secondary N) is 2. The van der Waals surface area contributed by atoms with Gasteiger partial charge in [-0.05, 0) is 42.5 Å². The van der Waals surface area contributed by atoms with Gasteiger partial charge in [0.25, 0.3) is 0 Å². The number of anilines is 6. The van der Waals surface area contributed by atoms with Crippen molar-refractivity contribution in [2.45, 2.75) is 12.4 Å². The van der Waals surface area contributed by atoms with Crippen LogP contribution in [0.15, 0.2) is 48.7 Å². The van der Waals surface area contributed by atoms with E-state index in [0.29, 0.717) is 0 Å². The molecule has 0 aliphatic heterocycles. The summed E-state index contributed by atoms with van der Waals surface area (Å²) in [7, 11) is 0. The molecule has 2 aromatic carbocycles. The molecule has 0 saturated heterocycles. The second kappa shape index (κ2) is 7.61. The Kier molecular flexibility index (Phi) is 5.33. The van der Waals surface area contributed by atoms with Crippen LogP contribution in [0.3, 0.4) is 0 Å². The van der Waals surface area contributed by atoms with Gasteiger partial charge in [-0.25, -0.2) is 4.98 Å². The van der Waals surface area contributed by atoms with E-state index in [1.165, 1.54) is 24.4 Å². The number of nitrogens with two attached hydrogens (primary N) is 2. The molecule has 3 rings (SSSR count). The van der Waals surface area contributed by atoms with Crippen LogP contribution in [0.4, 0.5) is 60.9 Å². The van der Waals surface area contributed by atoms with E-state index < -0.39 is 23.5 Å². The molecule has 0 atom stereocenters. The highest BCUT2D eigenvalue weighted by molar-refractivity contribution is 5.66. The first-order chi connectivity index (χ1) is 13.9. The van der Waals surface area contributed by atoms with Gasteiger partial charge in [0.2, 0.25) is 5.95 Å². The molecule has 0 bridgehead atoms. The molecule has 30 heavy (non-hydrogen) atoms. The Morgan fingerprint density at radius 2 is 1.20 bits per heavy atom. The lowest BCUT2D eigenvalue weighted by molar-refractivity contribution is -0.138. The molecule has 12 heteroatoms. The molecule has 0 aliphatic rings. The number of halogens is 6. The van der Waals surface area contributed by atoms with Gasteiger partial charge in [0.05, 0.1) is 11.1 Å². The van der Waals surface area contributed by atoms with E-state index in [-0.39, 0.29) is 34.5 Å². The average Bonchev–Trinajstić information content (AvgIpc) is 2.59. The number of alkyl halides is 6. The molecule has 0 aliphatic carbocycles. The van der Waals surface area contributed by atoms with Gasteiger partial charge in [-0.15, -0.1) is 0 Å². The van der Waals surface area contributed by atoms with E-state index in [2.05, 4.69) is 20.6 Å². The smallest absolute Gasteiger partial charge is 0.399 e. The fourth-order valence-electron chi connectivity index (χ4n) is 2.54. The van der Waals surface area contributed by atoms with Gasteiger partial charge < -0.3 is 22.1 Å². The van der Waals surface area contributed by atoms with Gasteiger partial charge in [0.15, 0.2) is 0 Å². The number of hydrogen-bond donors (Lipinski definition) is 4. The molecule has 0 radical (unpaired) electrons. The fourth-order valence-corrected chi connectivity index (χ4v) is 2.54. The molecule has 0 unspecified atom stereocenters. The third-order valence-corrected chi connectivity index (χ3v) is 3.75. The number of aromatic nitrogens is 2. The van der Waals surface area contributed by atoms with Gasteiger partial charge in [-0.3, -0.25) is 0 Å². The summed E-state index contributed by atoms with van der Waals surface area (Å²) in [5.74, 6) is -0.00940. The van der Waals surface area contributed by atoms with Crippen molar-refractivity contribution in [2.75, 3.05) is 22.1 Å². The molecule has 0 spiro atoms. The molecule has 6 nitrogen and oxygen atoms in total. The van der Waals surface area contributed by atoms with Crippen LogP contribution in [0.1, 0.15) is 11.1 Å². The molecule has 1 heterocycles. The van der Waals surface area contributed by atoms with Gasteiger partial charge in [0.1, 0.15) is 5.82 Å². The van der Waals surface area contributed by atoms with Crippen LogP contribution in [0.25, 0.3) is 0 Å². The fraction of sp³-hybridized carbons (Fsp3) is 0.111. The van der Waals surface area contributed by atoms with Crippen LogP contribution < -0.4 is 22.1 Å². The van der Waals surface area contributed by atoms with Crippen LogP contribution in [-0.2, 0) is 12.4 Å². The third kappa shape index (κ3) is 5.21. The molecular formula is C18H14F6N6. The molecule has 0 saturated carbocycles. The van der Waals surface area contributed by atoms with E-state index in [1.807, 2.05) is 0 Å². The second-order valence-corrected chi connectivity index (χ2v) is 6.20. The minimum Gasteiger partial charge on any atom is -0.399 e.